The molecule has 11 nitrogen and oxygen atoms in total. The van der Waals surface area contributed by atoms with E-state index < -0.39 is 14.9 Å². The Morgan fingerprint density at radius 3 is 2.58 bits per heavy atom. The fraction of sp³-hybridized carbons (Fsp3) is 0.278. The van der Waals surface area contributed by atoms with Gasteiger partial charge in [-0.3, -0.25) is 10.1 Å². The number of tetrazole rings is 1. The van der Waals surface area contributed by atoms with Crippen molar-refractivity contribution in [1.29, 1.82) is 0 Å². The van der Waals surface area contributed by atoms with E-state index in [1.807, 2.05) is 30.3 Å². The van der Waals surface area contributed by atoms with Gasteiger partial charge >= 0.3 is 0 Å². The number of hydrogen-bond donors (Lipinski definition) is 0. The van der Waals surface area contributed by atoms with Gasteiger partial charge in [-0.2, -0.15) is 4.31 Å². The van der Waals surface area contributed by atoms with E-state index in [1.165, 1.54) is 21.1 Å². The molecule has 0 unspecified atom stereocenters. The Balaban J connectivity index is 1.62. The van der Waals surface area contributed by atoms with Crippen LogP contribution in [-0.4, -0.2) is 64.2 Å². The van der Waals surface area contributed by atoms with Crippen LogP contribution >= 0.6 is 11.8 Å². The topological polar surface area (TPSA) is 133 Å². The van der Waals surface area contributed by atoms with E-state index in [4.69, 9.17) is 4.74 Å². The predicted octanol–water partition coefficient (Wildman–Crippen LogP) is 1.80. The van der Waals surface area contributed by atoms with Crippen molar-refractivity contribution in [2.24, 2.45) is 0 Å². The molecule has 31 heavy (non-hydrogen) atoms. The van der Waals surface area contributed by atoms with Gasteiger partial charge in [-0.25, -0.2) is 13.1 Å². The van der Waals surface area contributed by atoms with Crippen LogP contribution < -0.4 is 0 Å². The molecule has 1 saturated heterocycles. The minimum absolute atomic E-state index is 0.130. The third-order valence-electron chi connectivity index (χ3n) is 4.61. The van der Waals surface area contributed by atoms with Gasteiger partial charge in [0.2, 0.25) is 15.2 Å². The molecule has 1 fully saturated rings. The molecule has 162 valence electrons. The highest BCUT2D eigenvalue weighted by atomic mass is 32.2. The van der Waals surface area contributed by atoms with E-state index in [0.717, 1.165) is 23.4 Å². The van der Waals surface area contributed by atoms with Crippen molar-refractivity contribution in [2.75, 3.05) is 26.3 Å². The van der Waals surface area contributed by atoms with Crippen LogP contribution in [0, 0.1) is 10.1 Å². The van der Waals surface area contributed by atoms with Crippen LogP contribution in [0.3, 0.4) is 0 Å². The zero-order chi connectivity index (χ0) is 21.8. The fourth-order valence-corrected chi connectivity index (χ4v) is 5.33. The molecular weight excluding hydrogens is 444 g/mol. The Morgan fingerprint density at radius 1 is 1.13 bits per heavy atom. The summed E-state index contributed by atoms with van der Waals surface area (Å²) in [5.41, 5.74) is 0.645. The molecule has 0 atom stereocenters. The second-order valence-electron chi connectivity index (χ2n) is 6.61. The lowest BCUT2D eigenvalue weighted by Crippen LogP contribution is -2.40. The minimum atomic E-state index is -3.85. The number of aromatic nitrogens is 4. The summed E-state index contributed by atoms with van der Waals surface area (Å²) in [4.78, 5) is 11.2. The van der Waals surface area contributed by atoms with Crippen LogP contribution in [0.2, 0.25) is 0 Å². The number of hydrogen-bond acceptors (Lipinski definition) is 9. The van der Waals surface area contributed by atoms with Crippen molar-refractivity contribution >= 4 is 27.5 Å². The molecule has 0 amide bonds. The first-order chi connectivity index (χ1) is 14.9. The highest BCUT2D eigenvalue weighted by Gasteiger charge is 2.29. The molecule has 13 heteroatoms. The summed E-state index contributed by atoms with van der Waals surface area (Å²) in [5.74, 6) is 0. The highest BCUT2D eigenvalue weighted by Crippen LogP contribution is 2.35. The second-order valence-corrected chi connectivity index (χ2v) is 9.56. The molecule has 0 saturated carbocycles. The number of sulfonamides is 1. The quantitative estimate of drug-likeness (QED) is 0.380. The molecule has 2 aromatic carbocycles. The molecule has 2 heterocycles. The van der Waals surface area contributed by atoms with E-state index in [2.05, 4.69) is 15.5 Å². The van der Waals surface area contributed by atoms with Crippen LogP contribution in [0.25, 0.3) is 0 Å². The summed E-state index contributed by atoms with van der Waals surface area (Å²) in [6.45, 7) is 1.40. The normalized spacial score (nSPS) is 15.1. The molecule has 3 aromatic rings. The number of ether oxygens (including phenoxy) is 1. The van der Waals surface area contributed by atoms with E-state index in [-0.39, 0.29) is 28.6 Å². The van der Waals surface area contributed by atoms with E-state index in [0.29, 0.717) is 24.9 Å². The summed E-state index contributed by atoms with van der Waals surface area (Å²) in [5, 5.41) is 23.6. The predicted molar refractivity (Wildman–Crippen MR) is 110 cm³/mol. The van der Waals surface area contributed by atoms with Crippen LogP contribution in [0.5, 0.6) is 0 Å². The first-order valence-electron chi connectivity index (χ1n) is 9.29. The summed E-state index contributed by atoms with van der Waals surface area (Å²) in [6, 6.07) is 13.4. The number of benzene rings is 2. The second kappa shape index (κ2) is 9.09. The molecule has 1 aromatic heterocycles. The summed E-state index contributed by atoms with van der Waals surface area (Å²) < 4.78 is 33.7. The summed E-state index contributed by atoms with van der Waals surface area (Å²) in [6.07, 6.45) is 0. The lowest BCUT2D eigenvalue weighted by Gasteiger charge is -2.26. The number of nitro groups is 1. The summed E-state index contributed by atoms with van der Waals surface area (Å²) in [7, 11) is -3.85. The molecule has 0 bridgehead atoms. The third-order valence-corrected chi connectivity index (χ3v) is 7.55. The van der Waals surface area contributed by atoms with Crippen molar-refractivity contribution in [3.05, 3.63) is 64.2 Å². The minimum Gasteiger partial charge on any atom is -0.379 e. The molecule has 1 aliphatic heterocycles. The number of morpholine rings is 1. The maximum atomic E-state index is 12.9. The van der Waals surface area contributed by atoms with Gasteiger partial charge in [0, 0.05) is 19.2 Å². The lowest BCUT2D eigenvalue weighted by atomic mass is 10.2. The molecule has 1 aliphatic rings. The first-order valence-corrected chi connectivity index (χ1v) is 11.5. The smallest absolute Gasteiger partial charge is 0.284 e. The molecule has 0 spiro atoms. The first kappa shape index (κ1) is 21.4. The Labute approximate surface area is 182 Å². The standard InChI is InChI=1S/C18H18N6O5S2/c25-24(26)16-12-15(31(27,28)22-8-10-29-11-9-22)6-7-17(16)30-18-19-20-21-23(18)13-14-4-2-1-3-5-14/h1-7,12H,8-11,13H2. The third kappa shape index (κ3) is 4.74. The molecule has 0 radical (unpaired) electrons. The molecule has 4 rings (SSSR count). The summed E-state index contributed by atoms with van der Waals surface area (Å²) >= 11 is 1.01. The van der Waals surface area contributed by atoms with E-state index >= 15 is 0 Å². The molecule has 0 N–H and O–H groups in total. The SMILES string of the molecule is O=[N+]([O-])c1cc(S(=O)(=O)N2CCOCC2)ccc1Sc1nnnn1Cc1ccccc1. The average molecular weight is 463 g/mol. The van der Waals surface area contributed by atoms with Gasteiger partial charge in [-0.1, -0.05) is 30.3 Å². The number of nitro benzene ring substituents is 1. The maximum absolute atomic E-state index is 12.9. The van der Waals surface area contributed by atoms with Crippen LogP contribution in [0.1, 0.15) is 5.56 Å². The van der Waals surface area contributed by atoms with Crippen LogP contribution in [0.15, 0.2) is 63.5 Å². The van der Waals surface area contributed by atoms with Gasteiger partial charge in [0.25, 0.3) is 5.69 Å². The number of nitrogens with zero attached hydrogens (tertiary/aromatic N) is 6. The van der Waals surface area contributed by atoms with Gasteiger partial charge in [0.15, 0.2) is 0 Å². The van der Waals surface area contributed by atoms with Crippen molar-refractivity contribution < 1.29 is 18.1 Å². The number of rotatable bonds is 7. The largest absolute Gasteiger partial charge is 0.379 e. The van der Waals surface area contributed by atoms with Gasteiger partial charge in [0.1, 0.15) is 0 Å². The van der Waals surface area contributed by atoms with Crippen LogP contribution in [-0.2, 0) is 21.3 Å². The Hall–Kier alpha value is -2.87. The van der Waals surface area contributed by atoms with Gasteiger partial charge in [-0.05, 0) is 39.9 Å². The average Bonchev–Trinajstić information content (AvgIpc) is 3.21. The van der Waals surface area contributed by atoms with E-state index in [9.17, 15) is 18.5 Å². The maximum Gasteiger partial charge on any atom is 0.284 e. The monoisotopic (exact) mass is 462 g/mol. The van der Waals surface area contributed by atoms with Crippen molar-refractivity contribution in [3.63, 3.8) is 0 Å². The zero-order valence-corrected chi connectivity index (χ0v) is 17.8. The van der Waals surface area contributed by atoms with E-state index in [1.54, 1.807) is 0 Å². The Kier molecular flexibility index (Phi) is 6.27. The Bertz CT molecular complexity index is 1180. The van der Waals surface area contributed by atoms with Gasteiger partial charge < -0.3 is 4.74 Å². The van der Waals surface area contributed by atoms with Crippen molar-refractivity contribution in [1.82, 2.24) is 24.5 Å². The van der Waals surface area contributed by atoms with Crippen molar-refractivity contribution in [2.45, 2.75) is 21.5 Å². The zero-order valence-electron chi connectivity index (χ0n) is 16.2. The van der Waals surface area contributed by atoms with Gasteiger partial charge in [-0.15, -0.1) is 5.10 Å². The van der Waals surface area contributed by atoms with Crippen LogP contribution in [0.4, 0.5) is 5.69 Å². The van der Waals surface area contributed by atoms with Gasteiger partial charge in [0.05, 0.1) is 34.5 Å². The highest BCUT2D eigenvalue weighted by molar-refractivity contribution is 7.99. The van der Waals surface area contributed by atoms with Crippen molar-refractivity contribution in [3.8, 4) is 0 Å². The molecular formula is C18H18N6O5S2. The Morgan fingerprint density at radius 2 is 1.87 bits per heavy atom. The fourth-order valence-electron chi connectivity index (χ4n) is 3.05. The molecule has 0 aliphatic carbocycles. The lowest BCUT2D eigenvalue weighted by molar-refractivity contribution is -0.388.